The second kappa shape index (κ2) is 5.71. The standard InChI is InChI=1S/C13H17BrN2O2/c14-10-2-1-3-12(6-10)16-7-9(5-13(17)18)4-11(15)8-16/h1-3,6,9,11H,4-5,7-8,15H2,(H,17,18). The Bertz CT molecular complexity index is 439. The number of nitrogens with two attached hydrogens (primary N) is 1. The molecule has 0 bridgehead atoms. The predicted octanol–water partition coefficient (Wildman–Crippen LogP) is 2.08. The van der Waals surface area contributed by atoms with E-state index in [-0.39, 0.29) is 18.4 Å². The average Bonchev–Trinajstić information content (AvgIpc) is 2.27. The Hall–Kier alpha value is -1.07. The van der Waals surface area contributed by atoms with Gasteiger partial charge < -0.3 is 15.7 Å². The monoisotopic (exact) mass is 312 g/mol. The molecule has 98 valence electrons. The summed E-state index contributed by atoms with van der Waals surface area (Å²) in [7, 11) is 0. The van der Waals surface area contributed by atoms with Crippen molar-refractivity contribution in [3.05, 3.63) is 28.7 Å². The van der Waals surface area contributed by atoms with Gasteiger partial charge >= 0.3 is 5.97 Å². The normalized spacial score (nSPS) is 24.0. The number of aliphatic carboxylic acids is 1. The lowest BCUT2D eigenvalue weighted by Gasteiger charge is -2.37. The Morgan fingerprint density at radius 2 is 2.28 bits per heavy atom. The van der Waals surface area contributed by atoms with Crippen LogP contribution in [-0.4, -0.2) is 30.2 Å². The van der Waals surface area contributed by atoms with E-state index in [1.54, 1.807) is 0 Å². The predicted molar refractivity (Wildman–Crippen MR) is 74.7 cm³/mol. The highest BCUT2D eigenvalue weighted by Gasteiger charge is 2.26. The van der Waals surface area contributed by atoms with Crippen molar-refractivity contribution in [1.82, 2.24) is 0 Å². The van der Waals surface area contributed by atoms with Crippen molar-refractivity contribution in [1.29, 1.82) is 0 Å². The van der Waals surface area contributed by atoms with Gasteiger partial charge in [0.25, 0.3) is 0 Å². The first kappa shape index (κ1) is 13.4. The molecule has 1 aromatic rings. The Balaban J connectivity index is 2.10. The molecular weight excluding hydrogens is 296 g/mol. The van der Waals surface area contributed by atoms with Crippen LogP contribution in [0.25, 0.3) is 0 Å². The fourth-order valence-corrected chi connectivity index (χ4v) is 2.91. The molecule has 0 aromatic heterocycles. The number of hydrogen-bond acceptors (Lipinski definition) is 3. The maximum Gasteiger partial charge on any atom is 0.303 e. The molecule has 4 nitrogen and oxygen atoms in total. The lowest BCUT2D eigenvalue weighted by molar-refractivity contribution is -0.138. The smallest absolute Gasteiger partial charge is 0.303 e. The van der Waals surface area contributed by atoms with Gasteiger partial charge in [0.05, 0.1) is 0 Å². The zero-order valence-electron chi connectivity index (χ0n) is 10.1. The third-order valence-corrected chi connectivity index (χ3v) is 3.70. The van der Waals surface area contributed by atoms with E-state index in [0.717, 1.165) is 29.7 Å². The van der Waals surface area contributed by atoms with Crippen LogP contribution in [0.1, 0.15) is 12.8 Å². The number of carboxylic acids is 1. The van der Waals surface area contributed by atoms with Crippen LogP contribution in [0.4, 0.5) is 5.69 Å². The first-order chi connectivity index (χ1) is 8.54. The van der Waals surface area contributed by atoms with Gasteiger partial charge in [-0.25, -0.2) is 0 Å². The van der Waals surface area contributed by atoms with E-state index in [2.05, 4.69) is 20.8 Å². The van der Waals surface area contributed by atoms with E-state index in [4.69, 9.17) is 10.8 Å². The molecule has 18 heavy (non-hydrogen) atoms. The van der Waals surface area contributed by atoms with Crippen LogP contribution in [0.5, 0.6) is 0 Å². The highest BCUT2D eigenvalue weighted by atomic mass is 79.9. The number of anilines is 1. The Labute approximate surface area is 115 Å². The zero-order valence-corrected chi connectivity index (χ0v) is 11.6. The van der Waals surface area contributed by atoms with Gasteiger partial charge in [0.2, 0.25) is 0 Å². The quantitative estimate of drug-likeness (QED) is 0.896. The minimum Gasteiger partial charge on any atom is -0.481 e. The summed E-state index contributed by atoms with van der Waals surface area (Å²) in [6, 6.07) is 8.06. The number of halogens is 1. The van der Waals surface area contributed by atoms with E-state index < -0.39 is 5.97 Å². The molecule has 2 rings (SSSR count). The van der Waals surface area contributed by atoms with Crippen LogP contribution in [0.15, 0.2) is 28.7 Å². The Kier molecular flexibility index (Phi) is 4.24. The summed E-state index contributed by atoms with van der Waals surface area (Å²) >= 11 is 3.45. The van der Waals surface area contributed by atoms with E-state index in [1.807, 2.05) is 24.3 Å². The molecule has 1 saturated heterocycles. The number of carboxylic acid groups (broad SMARTS) is 1. The van der Waals surface area contributed by atoms with Crippen molar-refractivity contribution >= 4 is 27.6 Å². The highest BCUT2D eigenvalue weighted by molar-refractivity contribution is 9.10. The number of carbonyl (C=O) groups is 1. The molecule has 5 heteroatoms. The van der Waals surface area contributed by atoms with Gasteiger partial charge in [-0.2, -0.15) is 0 Å². The topological polar surface area (TPSA) is 66.6 Å². The van der Waals surface area contributed by atoms with Crippen LogP contribution < -0.4 is 10.6 Å². The molecule has 0 spiro atoms. The molecule has 1 heterocycles. The molecule has 3 N–H and O–H groups in total. The summed E-state index contributed by atoms with van der Waals surface area (Å²) in [6.45, 7) is 1.54. The van der Waals surface area contributed by atoms with Gasteiger partial charge in [-0.15, -0.1) is 0 Å². The maximum atomic E-state index is 10.8. The molecule has 1 fully saturated rings. The Morgan fingerprint density at radius 1 is 1.50 bits per heavy atom. The number of rotatable bonds is 3. The van der Waals surface area contributed by atoms with Crippen molar-refractivity contribution in [2.24, 2.45) is 11.7 Å². The van der Waals surface area contributed by atoms with Crippen LogP contribution in [-0.2, 0) is 4.79 Å². The summed E-state index contributed by atoms with van der Waals surface area (Å²) in [4.78, 5) is 13.0. The number of nitrogens with zero attached hydrogens (tertiary/aromatic N) is 1. The first-order valence-corrected chi connectivity index (χ1v) is 6.82. The van der Waals surface area contributed by atoms with Crippen LogP contribution >= 0.6 is 15.9 Å². The van der Waals surface area contributed by atoms with Crippen LogP contribution in [0.2, 0.25) is 0 Å². The molecule has 0 aliphatic carbocycles. The lowest BCUT2D eigenvalue weighted by Crippen LogP contribution is -2.47. The van der Waals surface area contributed by atoms with E-state index in [9.17, 15) is 4.79 Å². The number of piperidine rings is 1. The Morgan fingerprint density at radius 3 is 2.94 bits per heavy atom. The number of hydrogen-bond donors (Lipinski definition) is 2. The van der Waals surface area contributed by atoms with Gasteiger partial charge in [-0.3, -0.25) is 4.79 Å². The molecule has 1 aromatic carbocycles. The van der Waals surface area contributed by atoms with Crippen molar-refractivity contribution in [2.75, 3.05) is 18.0 Å². The van der Waals surface area contributed by atoms with Crippen molar-refractivity contribution in [3.63, 3.8) is 0 Å². The second-order valence-corrected chi connectivity index (χ2v) is 5.76. The SMILES string of the molecule is NC1CC(CC(=O)O)CN(c2cccc(Br)c2)C1. The zero-order chi connectivity index (χ0) is 13.1. The molecule has 0 amide bonds. The molecule has 2 atom stereocenters. The van der Waals surface area contributed by atoms with Gasteiger partial charge in [-0.1, -0.05) is 22.0 Å². The molecule has 2 unspecified atom stereocenters. The third-order valence-electron chi connectivity index (χ3n) is 3.21. The lowest BCUT2D eigenvalue weighted by atomic mass is 9.91. The van der Waals surface area contributed by atoms with Gasteiger partial charge in [0.15, 0.2) is 0 Å². The summed E-state index contributed by atoms with van der Waals surface area (Å²) in [5, 5.41) is 8.89. The van der Waals surface area contributed by atoms with Gasteiger partial charge in [-0.05, 0) is 30.5 Å². The minimum absolute atomic E-state index is 0.0436. The molecule has 0 saturated carbocycles. The van der Waals surface area contributed by atoms with Gasteiger partial charge in [0, 0.05) is 35.7 Å². The van der Waals surface area contributed by atoms with E-state index in [0.29, 0.717) is 0 Å². The third kappa shape index (κ3) is 3.46. The average molecular weight is 313 g/mol. The molecule has 0 radical (unpaired) electrons. The fraction of sp³-hybridized carbons (Fsp3) is 0.462. The van der Waals surface area contributed by atoms with Crippen LogP contribution in [0.3, 0.4) is 0 Å². The summed E-state index contributed by atoms with van der Waals surface area (Å²) in [5.74, 6) is -0.617. The van der Waals surface area contributed by atoms with Crippen LogP contribution in [0, 0.1) is 5.92 Å². The highest BCUT2D eigenvalue weighted by Crippen LogP contribution is 2.26. The fourth-order valence-electron chi connectivity index (χ4n) is 2.52. The molecule has 1 aliphatic rings. The largest absolute Gasteiger partial charge is 0.481 e. The van der Waals surface area contributed by atoms with E-state index in [1.165, 1.54) is 0 Å². The van der Waals surface area contributed by atoms with Crippen molar-refractivity contribution < 1.29 is 9.90 Å². The summed E-state index contributed by atoms with van der Waals surface area (Å²) < 4.78 is 1.02. The second-order valence-electron chi connectivity index (χ2n) is 4.84. The maximum absolute atomic E-state index is 10.8. The van der Waals surface area contributed by atoms with Crippen molar-refractivity contribution in [2.45, 2.75) is 18.9 Å². The van der Waals surface area contributed by atoms with Crippen molar-refractivity contribution in [3.8, 4) is 0 Å². The van der Waals surface area contributed by atoms with E-state index >= 15 is 0 Å². The first-order valence-electron chi connectivity index (χ1n) is 6.02. The van der Waals surface area contributed by atoms with Gasteiger partial charge in [0.1, 0.15) is 0 Å². The minimum atomic E-state index is -0.747. The number of benzene rings is 1. The summed E-state index contributed by atoms with van der Waals surface area (Å²) in [6.07, 6.45) is 0.981. The molecule has 1 aliphatic heterocycles. The summed E-state index contributed by atoms with van der Waals surface area (Å²) in [5.41, 5.74) is 7.11. The molecular formula is C13H17BrN2O2.